The van der Waals surface area contributed by atoms with Crippen LogP contribution in [0.15, 0.2) is 68.8 Å². The maximum atomic E-state index is 14.4. The van der Waals surface area contributed by atoms with Crippen LogP contribution < -0.4 is 0 Å². The Kier molecular flexibility index (Phi) is 4.48. The molecule has 1 N–H and O–H groups in total. The zero-order chi connectivity index (χ0) is 21.7. The number of halogens is 1. The van der Waals surface area contributed by atoms with Gasteiger partial charge in [-0.15, -0.1) is 0 Å². The van der Waals surface area contributed by atoms with Crippen LogP contribution in [0.2, 0.25) is 0 Å². The van der Waals surface area contributed by atoms with E-state index in [1.54, 1.807) is 41.0 Å². The molecule has 1 aromatic carbocycles. The number of para-hydroxylation sites is 1. The van der Waals surface area contributed by atoms with Crippen molar-refractivity contribution < 1.29 is 13.6 Å². The van der Waals surface area contributed by atoms with Crippen LogP contribution in [0.3, 0.4) is 0 Å². The normalized spacial score (nSPS) is 17.3. The molecule has 2 aromatic heterocycles. The third-order valence-electron chi connectivity index (χ3n) is 5.05. The largest absolute Gasteiger partial charge is 0.462 e. The average Bonchev–Trinajstić information content (AvgIpc) is 3.46. The van der Waals surface area contributed by atoms with E-state index in [0.717, 1.165) is 11.4 Å². The molecule has 0 radical (unpaired) electrons. The van der Waals surface area contributed by atoms with E-state index in [1.807, 2.05) is 19.9 Å². The topological polar surface area (TPSA) is 87.0 Å². The zero-order valence-corrected chi connectivity index (χ0v) is 17.4. The number of thioether (sulfide) groups is 1. The number of carbonyl (C=O) groups is 1. The summed E-state index contributed by atoms with van der Waals surface area (Å²) in [6.07, 6.45) is 3.14. The van der Waals surface area contributed by atoms with Crippen molar-refractivity contribution in [1.82, 2.24) is 9.58 Å². The Balaban J connectivity index is 1.54. The molecular weight excluding hydrogens is 417 g/mol. The third kappa shape index (κ3) is 3.14. The number of fused-ring (bicyclic) bond motifs is 1. The van der Waals surface area contributed by atoms with Crippen LogP contribution in [-0.2, 0) is 4.79 Å². The van der Waals surface area contributed by atoms with Crippen LogP contribution in [0, 0.1) is 25.1 Å². The predicted molar refractivity (Wildman–Crippen MR) is 118 cm³/mol. The number of hydrazone groups is 1. The van der Waals surface area contributed by atoms with E-state index >= 15 is 0 Å². The summed E-state index contributed by atoms with van der Waals surface area (Å²) in [5.74, 6) is -0.385. The highest BCUT2D eigenvalue weighted by atomic mass is 32.2. The Morgan fingerprint density at radius 3 is 2.74 bits per heavy atom. The summed E-state index contributed by atoms with van der Waals surface area (Å²) in [4.78, 5) is 16.8. The van der Waals surface area contributed by atoms with Gasteiger partial charge in [0, 0.05) is 11.4 Å². The minimum atomic E-state index is -0.518. The fraction of sp³-hybridized carbons (Fsp3) is 0.0909. The van der Waals surface area contributed by atoms with Crippen molar-refractivity contribution >= 4 is 39.8 Å². The Labute approximate surface area is 181 Å². The maximum absolute atomic E-state index is 14.4. The number of nitrogens with zero attached hydrogens (tertiary/aromatic N) is 4. The van der Waals surface area contributed by atoms with Crippen molar-refractivity contribution in [2.75, 3.05) is 0 Å². The number of aryl methyl sites for hydroxylation is 1. The van der Waals surface area contributed by atoms with Crippen LogP contribution >= 0.6 is 11.8 Å². The molecule has 9 heteroatoms. The molecule has 1 amide bonds. The Bertz CT molecular complexity index is 1330. The van der Waals surface area contributed by atoms with Gasteiger partial charge in [-0.05, 0) is 67.6 Å². The molecule has 3 aromatic rings. The van der Waals surface area contributed by atoms with Gasteiger partial charge in [-0.3, -0.25) is 10.2 Å². The second-order valence-electron chi connectivity index (χ2n) is 7.02. The summed E-state index contributed by atoms with van der Waals surface area (Å²) in [7, 11) is 0. The first-order valence-electron chi connectivity index (χ1n) is 9.42. The Hall–Kier alpha value is -3.72. The van der Waals surface area contributed by atoms with Crippen LogP contribution in [0.1, 0.15) is 22.7 Å². The number of benzene rings is 1. The lowest BCUT2D eigenvalue weighted by molar-refractivity contribution is -0.114. The van der Waals surface area contributed by atoms with Crippen molar-refractivity contribution in [1.29, 1.82) is 5.41 Å². The number of amidine groups is 2. The first kappa shape index (κ1) is 19.3. The highest BCUT2D eigenvalue weighted by molar-refractivity contribution is 8.27. The van der Waals surface area contributed by atoms with E-state index in [4.69, 9.17) is 9.83 Å². The quantitative estimate of drug-likeness (QED) is 0.617. The molecule has 0 atom stereocenters. The van der Waals surface area contributed by atoms with E-state index in [1.165, 1.54) is 29.1 Å². The molecular formula is C22H16FN5O2S. The lowest BCUT2D eigenvalue weighted by Crippen LogP contribution is -2.35. The molecule has 0 saturated heterocycles. The molecule has 7 nitrogen and oxygen atoms in total. The molecule has 0 fully saturated rings. The lowest BCUT2D eigenvalue weighted by Gasteiger charge is -2.20. The first-order valence-corrected chi connectivity index (χ1v) is 10.2. The fourth-order valence-electron chi connectivity index (χ4n) is 3.58. The van der Waals surface area contributed by atoms with E-state index in [0.29, 0.717) is 27.2 Å². The van der Waals surface area contributed by atoms with Gasteiger partial charge in [0.2, 0.25) is 5.17 Å². The number of hydrogen-bond acceptors (Lipinski definition) is 5. The standard InChI is InChI=1S/C22H16FN5O2S/c1-12-10-14(13(2)27(12)17-7-4-3-6-16(17)23)11-15-19(24)28-22(25-20(15)29)31-21(26-28)18-8-5-9-30-18/h3-11,24H,1-2H3/b15-11+,24-19?. The zero-order valence-electron chi connectivity index (χ0n) is 16.6. The van der Waals surface area contributed by atoms with Crippen LogP contribution in [0.5, 0.6) is 0 Å². The Morgan fingerprint density at radius 2 is 2.00 bits per heavy atom. The molecule has 2 aliphatic rings. The first-order chi connectivity index (χ1) is 14.9. The second kappa shape index (κ2) is 7.21. The van der Waals surface area contributed by atoms with Gasteiger partial charge >= 0.3 is 0 Å². The minimum Gasteiger partial charge on any atom is -0.462 e. The second-order valence-corrected chi connectivity index (χ2v) is 7.97. The van der Waals surface area contributed by atoms with E-state index in [-0.39, 0.29) is 17.2 Å². The number of furan rings is 1. The summed E-state index contributed by atoms with van der Waals surface area (Å²) >= 11 is 1.17. The molecule has 31 heavy (non-hydrogen) atoms. The Morgan fingerprint density at radius 1 is 1.19 bits per heavy atom. The number of hydrogen-bond donors (Lipinski definition) is 1. The smallest absolute Gasteiger partial charge is 0.283 e. The number of rotatable bonds is 3. The molecule has 0 spiro atoms. The number of aromatic nitrogens is 1. The monoisotopic (exact) mass is 433 g/mol. The number of aliphatic imine (C=N–C) groups is 1. The van der Waals surface area contributed by atoms with Gasteiger partial charge in [0.1, 0.15) is 5.82 Å². The third-order valence-corrected chi connectivity index (χ3v) is 5.97. The van der Waals surface area contributed by atoms with Crippen LogP contribution in [0.4, 0.5) is 4.39 Å². The van der Waals surface area contributed by atoms with E-state index in [9.17, 15) is 9.18 Å². The van der Waals surface area contributed by atoms with Gasteiger partial charge in [-0.2, -0.15) is 15.1 Å². The van der Waals surface area contributed by atoms with Crippen LogP contribution in [-0.4, -0.2) is 31.5 Å². The van der Waals surface area contributed by atoms with E-state index in [2.05, 4.69) is 10.1 Å². The molecule has 0 aliphatic carbocycles. The van der Waals surface area contributed by atoms with E-state index < -0.39 is 5.91 Å². The van der Waals surface area contributed by atoms with Crippen molar-refractivity contribution in [3.63, 3.8) is 0 Å². The summed E-state index contributed by atoms with van der Waals surface area (Å²) in [5.41, 5.74) is 2.80. The predicted octanol–water partition coefficient (Wildman–Crippen LogP) is 4.49. The molecule has 0 unspecified atom stereocenters. The molecule has 4 heterocycles. The number of amides is 1. The lowest BCUT2D eigenvalue weighted by atomic mass is 10.1. The van der Waals surface area contributed by atoms with Gasteiger partial charge < -0.3 is 8.98 Å². The molecule has 0 saturated carbocycles. The van der Waals surface area contributed by atoms with Crippen molar-refractivity contribution in [3.05, 3.63) is 82.8 Å². The van der Waals surface area contributed by atoms with Gasteiger partial charge in [-0.25, -0.2) is 4.39 Å². The van der Waals surface area contributed by atoms with Crippen molar-refractivity contribution in [3.8, 4) is 5.69 Å². The number of nitrogens with one attached hydrogen (secondary N) is 1. The highest BCUT2D eigenvalue weighted by Crippen LogP contribution is 2.32. The average molecular weight is 433 g/mol. The van der Waals surface area contributed by atoms with Crippen molar-refractivity contribution in [2.24, 2.45) is 10.1 Å². The SMILES string of the molecule is Cc1cc(/C=C2\C(=N)N3N=C(c4ccco4)SC3=NC2=O)c(C)n1-c1ccccc1F. The van der Waals surface area contributed by atoms with Gasteiger partial charge in [0.05, 0.1) is 17.5 Å². The summed E-state index contributed by atoms with van der Waals surface area (Å²) in [6, 6.07) is 11.9. The molecule has 0 bridgehead atoms. The molecule has 154 valence electrons. The fourth-order valence-corrected chi connectivity index (χ4v) is 4.44. The minimum absolute atomic E-state index is 0.0697. The number of carbonyl (C=O) groups excluding carboxylic acids is 1. The van der Waals surface area contributed by atoms with Crippen molar-refractivity contribution in [2.45, 2.75) is 13.8 Å². The summed E-state index contributed by atoms with van der Waals surface area (Å²) in [5, 5.41) is 15.1. The van der Waals surface area contributed by atoms with Crippen LogP contribution in [0.25, 0.3) is 11.8 Å². The summed E-state index contributed by atoms with van der Waals surface area (Å²) < 4.78 is 21.5. The van der Waals surface area contributed by atoms with Gasteiger partial charge in [0.15, 0.2) is 16.6 Å². The van der Waals surface area contributed by atoms with Gasteiger partial charge in [-0.1, -0.05) is 12.1 Å². The summed E-state index contributed by atoms with van der Waals surface area (Å²) in [6.45, 7) is 3.71. The molecule has 2 aliphatic heterocycles. The molecule has 5 rings (SSSR count). The highest BCUT2D eigenvalue weighted by Gasteiger charge is 2.36. The maximum Gasteiger partial charge on any atom is 0.283 e. The van der Waals surface area contributed by atoms with Gasteiger partial charge in [0.25, 0.3) is 5.91 Å².